The van der Waals surface area contributed by atoms with E-state index in [1.807, 2.05) is 26.0 Å². The van der Waals surface area contributed by atoms with Gasteiger partial charge in [-0.05, 0) is 30.4 Å². The second kappa shape index (κ2) is 6.92. The Hall–Kier alpha value is -1.84. The predicted octanol–water partition coefficient (Wildman–Crippen LogP) is 2.50. The molecule has 2 amide bonds. The van der Waals surface area contributed by atoms with Crippen LogP contribution >= 0.6 is 0 Å². The van der Waals surface area contributed by atoms with Crippen molar-refractivity contribution in [3.8, 4) is 0 Å². The first kappa shape index (κ1) is 15.2. The van der Waals surface area contributed by atoms with Crippen LogP contribution in [-0.4, -0.2) is 11.8 Å². The first-order chi connectivity index (χ1) is 9.02. The molecule has 0 saturated heterocycles. The highest BCUT2D eigenvalue weighted by Gasteiger charge is 2.28. The van der Waals surface area contributed by atoms with Crippen LogP contribution in [0.1, 0.15) is 54.9 Å². The minimum Gasteiger partial charge on any atom is -0.369 e. The smallest absolute Gasteiger partial charge is 0.269 e. The summed E-state index contributed by atoms with van der Waals surface area (Å²) in [5.41, 5.74) is 14.0. The van der Waals surface area contributed by atoms with Crippen LogP contribution in [0.4, 0.5) is 0 Å². The van der Waals surface area contributed by atoms with Crippen molar-refractivity contribution >= 4 is 11.8 Å². The van der Waals surface area contributed by atoms with Crippen LogP contribution in [0.25, 0.3) is 0 Å². The molecule has 1 aromatic rings. The summed E-state index contributed by atoms with van der Waals surface area (Å²) in [6.07, 6.45) is 2.32. The number of nitrogens with one attached hydrogen (secondary N) is 1. The third kappa shape index (κ3) is 3.56. The van der Waals surface area contributed by atoms with Crippen LogP contribution in [0, 0.1) is 5.92 Å². The lowest BCUT2D eigenvalue weighted by atomic mass is 9.79. The average Bonchev–Trinajstić information content (AvgIpc) is 2.38. The summed E-state index contributed by atoms with van der Waals surface area (Å²) in [4.78, 5) is 23.0. The summed E-state index contributed by atoms with van der Waals surface area (Å²) in [7, 11) is 0. The monoisotopic (exact) mass is 261 g/mol. The summed E-state index contributed by atoms with van der Waals surface area (Å²) in [6, 6.07) is 7.03. The Morgan fingerprint density at radius 1 is 1.26 bits per heavy atom. The minimum atomic E-state index is -0.712. The van der Waals surface area contributed by atoms with Crippen LogP contribution in [0.2, 0.25) is 0 Å². The van der Waals surface area contributed by atoms with E-state index < -0.39 is 5.91 Å². The van der Waals surface area contributed by atoms with Crippen LogP contribution in [-0.2, 0) is 4.79 Å². The van der Waals surface area contributed by atoms with Crippen molar-refractivity contribution in [2.45, 2.75) is 39.0 Å². The molecule has 0 bridgehead atoms. The lowest BCUT2D eigenvalue weighted by molar-refractivity contribution is -0.122. The number of primary amides is 1. The second-order valence-electron chi connectivity index (χ2n) is 4.73. The predicted molar refractivity (Wildman–Crippen MR) is 74.5 cm³/mol. The van der Waals surface area contributed by atoms with Crippen LogP contribution in [0.3, 0.4) is 0 Å². The van der Waals surface area contributed by atoms with Gasteiger partial charge in [0.05, 0.1) is 0 Å². The molecule has 0 aromatic heterocycles. The highest BCUT2D eigenvalue weighted by molar-refractivity contribution is 5.94. The Bertz CT molecular complexity index is 457. The molecule has 0 saturated carbocycles. The van der Waals surface area contributed by atoms with Crippen LogP contribution in [0.15, 0.2) is 24.3 Å². The van der Waals surface area contributed by atoms with E-state index in [2.05, 4.69) is 0 Å². The molecule has 2 atom stereocenters. The molecule has 0 spiro atoms. The number of benzene rings is 1. The number of rotatable bonds is 7. The maximum Gasteiger partial charge on any atom is 0.269 e. The van der Waals surface area contributed by atoms with E-state index in [4.69, 9.17) is 11.5 Å². The number of amides is 2. The zero-order valence-corrected chi connectivity index (χ0v) is 11.5. The highest BCUT2D eigenvalue weighted by atomic mass is 16.1. The van der Waals surface area contributed by atoms with Crippen molar-refractivity contribution in [1.29, 1.82) is 0 Å². The van der Waals surface area contributed by atoms with Gasteiger partial charge in [-0.3, -0.25) is 15.3 Å². The fourth-order valence-electron chi connectivity index (χ4n) is 2.60. The van der Waals surface area contributed by atoms with E-state index in [1.165, 1.54) is 0 Å². The van der Waals surface area contributed by atoms with Gasteiger partial charge < -0.3 is 5.73 Å². The van der Waals surface area contributed by atoms with Gasteiger partial charge in [0.2, 0.25) is 5.91 Å². The van der Waals surface area contributed by atoms with Gasteiger partial charge in [0, 0.05) is 11.5 Å². The van der Waals surface area contributed by atoms with E-state index in [0.29, 0.717) is 12.0 Å². The van der Waals surface area contributed by atoms with Gasteiger partial charge in [-0.1, -0.05) is 38.5 Å². The maximum absolute atomic E-state index is 11.6. The number of carbonyl (C=O) groups excluding carboxylic acids is 2. The summed E-state index contributed by atoms with van der Waals surface area (Å²) in [5.74, 6) is -1.43. The lowest BCUT2D eigenvalue weighted by Gasteiger charge is -2.25. The lowest BCUT2D eigenvalue weighted by Crippen LogP contribution is -2.29. The molecule has 0 aliphatic heterocycles. The third-order valence-electron chi connectivity index (χ3n) is 3.50. The molecule has 4 nitrogen and oxygen atoms in total. The van der Waals surface area contributed by atoms with E-state index >= 15 is 0 Å². The minimum absolute atomic E-state index is 0.0852. The molecule has 0 aliphatic rings. The SMILES string of the molecule is CCCC(c1ccccc1C([NH])=O)C(CC)C(N)=O. The Balaban J connectivity index is 3.25. The Labute approximate surface area is 114 Å². The molecule has 1 radical (unpaired) electrons. The van der Waals surface area contributed by atoms with Gasteiger partial charge in [0.25, 0.3) is 5.91 Å². The normalized spacial score (nSPS) is 13.8. The molecule has 0 aliphatic carbocycles. The van der Waals surface area contributed by atoms with Crippen LogP contribution in [0.5, 0.6) is 0 Å². The van der Waals surface area contributed by atoms with Gasteiger partial charge in [-0.25, -0.2) is 0 Å². The van der Waals surface area contributed by atoms with E-state index in [-0.39, 0.29) is 17.7 Å². The quantitative estimate of drug-likeness (QED) is 0.817. The maximum atomic E-state index is 11.6. The second-order valence-corrected chi connectivity index (χ2v) is 4.73. The molecule has 19 heavy (non-hydrogen) atoms. The number of nitrogens with two attached hydrogens (primary N) is 1. The van der Waals surface area contributed by atoms with E-state index in [0.717, 1.165) is 18.4 Å². The number of carbonyl (C=O) groups is 2. The van der Waals surface area contributed by atoms with Crippen molar-refractivity contribution in [2.24, 2.45) is 11.7 Å². The van der Waals surface area contributed by atoms with Crippen molar-refractivity contribution in [3.05, 3.63) is 35.4 Å². The van der Waals surface area contributed by atoms with Gasteiger partial charge in [-0.2, -0.15) is 0 Å². The number of hydrogen-bond acceptors (Lipinski definition) is 2. The fraction of sp³-hybridized carbons (Fsp3) is 0.467. The molecule has 4 heteroatoms. The third-order valence-corrected chi connectivity index (χ3v) is 3.50. The van der Waals surface area contributed by atoms with Gasteiger partial charge >= 0.3 is 0 Å². The molecule has 103 valence electrons. The largest absolute Gasteiger partial charge is 0.369 e. The van der Waals surface area contributed by atoms with E-state index in [9.17, 15) is 9.59 Å². The van der Waals surface area contributed by atoms with Crippen molar-refractivity contribution in [2.75, 3.05) is 0 Å². The molecule has 1 rings (SSSR count). The Morgan fingerprint density at radius 3 is 2.37 bits per heavy atom. The standard InChI is InChI=1S/C15H21N2O2/c1-3-7-11(10(4-2)14(16)18)12-8-5-6-9-13(12)15(17)19/h5-6,8-11,17H,3-4,7H2,1-2H3,(H2,16,18). The van der Waals surface area contributed by atoms with Crippen molar-refractivity contribution in [3.63, 3.8) is 0 Å². The molecular formula is C15H21N2O2. The molecule has 2 unspecified atom stereocenters. The highest BCUT2D eigenvalue weighted by Crippen LogP contribution is 2.33. The zero-order valence-electron chi connectivity index (χ0n) is 11.5. The first-order valence-electron chi connectivity index (χ1n) is 6.67. The van der Waals surface area contributed by atoms with Crippen molar-refractivity contribution < 1.29 is 9.59 Å². The molecule has 1 aromatic carbocycles. The first-order valence-corrected chi connectivity index (χ1v) is 6.67. The van der Waals surface area contributed by atoms with Gasteiger partial charge in [-0.15, -0.1) is 0 Å². The molecule has 0 heterocycles. The summed E-state index contributed by atoms with van der Waals surface area (Å²) < 4.78 is 0. The topological polar surface area (TPSA) is 84.0 Å². The summed E-state index contributed by atoms with van der Waals surface area (Å²) in [5, 5.41) is 0. The van der Waals surface area contributed by atoms with Gasteiger partial charge in [0.1, 0.15) is 0 Å². The summed E-state index contributed by atoms with van der Waals surface area (Å²) in [6.45, 7) is 3.95. The average molecular weight is 261 g/mol. The Morgan fingerprint density at radius 2 is 1.89 bits per heavy atom. The van der Waals surface area contributed by atoms with E-state index in [1.54, 1.807) is 12.1 Å². The van der Waals surface area contributed by atoms with Gasteiger partial charge in [0.15, 0.2) is 0 Å². The van der Waals surface area contributed by atoms with Crippen LogP contribution < -0.4 is 11.5 Å². The zero-order chi connectivity index (χ0) is 14.4. The molecule has 3 N–H and O–H groups in total. The molecule has 0 fully saturated rings. The Kier molecular flexibility index (Phi) is 5.55. The number of hydrogen-bond donors (Lipinski definition) is 1. The molecular weight excluding hydrogens is 240 g/mol. The fourth-order valence-corrected chi connectivity index (χ4v) is 2.60. The summed E-state index contributed by atoms with van der Waals surface area (Å²) >= 11 is 0. The van der Waals surface area contributed by atoms with Crippen molar-refractivity contribution in [1.82, 2.24) is 5.73 Å².